The summed E-state index contributed by atoms with van der Waals surface area (Å²) in [5.41, 5.74) is 0.376. The molecule has 0 saturated heterocycles. The lowest BCUT2D eigenvalue weighted by atomic mass is 9.69. The highest BCUT2D eigenvalue weighted by atomic mass is 15.0. The third kappa shape index (κ3) is 1.17. The number of allylic oxidation sites excluding steroid dienone is 1. The van der Waals surface area contributed by atoms with Crippen molar-refractivity contribution in [1.29, 1.82) is 0 Å². The van der Waals surface area contributed by atoms with Crippen LogP contribution in [0.15, 0.2) is 31.4 Å². The average molecular weight is 162 g/mol. The summed E-state index contributed by atoms with van der Waals surface area (Å²) in [7, 11) is 0. The van der Waals surface area contributed by atoms with E-state index in [1.807, 2.05) is 18.7 Å². The van der Waals surface area contributed by atoms with E-state index >= 15 is 0 Å². The van der Waals surface area contributed by atoms with Crippen molar-refractivity contribution in [2.75, 3.05) is 0 Å². The maximum atomic E-state index is 4.03. The Hall–Kier alpha value is -1.05. The molecule has 1 aliphatic carbocycles. The standard InChI is InChI=1S/C10H14N2/c1-2-10(4-3-5-10)8-12-7-6-11-9-12/h2,6-7,9H,1,3-5,8H2. The van der Waals surface area contributed by atoms with Gasteiger partial charge in [-0.1, -0.05) is 12.5 Å². The molecule has 0 amide bonds. The summed E-state index contributed by atoms with van der Waals surface area (Å²) in [5, 5.41) is 0. The number of aromatic nitrogens is 2. The molecular weight excluding hydrogens is 148 g/mol. The topological polar surface area (TPSA) is 17.8 Å². The summed E-state index contributed by atoms with van der Waals surface area (Å²) in [6.45, 7) is 4.95. The third-order valence-electron chi connectivity index (χ3n) is 2.84. The summed E-state index contributed by atoms with van der Waals surface area (Å²) in [5.74, 6) is 0. The van der Waals surface area contributed by atoms with Gasteiger partial charge in [-0.15, -0.1) is 6.58 Å². The van der Waals surface area contributed by atoms with Gasteiger partial charge in [-0.25, -0.2) is 4.98 Å². The maximum absolute atomic E-state index is 4.03. The second kappa shape index (κ2) is 2.77. The normalized spacial score (nSPS) is 20.0. The first-order valence-corrected chi connectivity index (χ1v) is 4.44. The van der Waals surface area contributed by atoms with Crippen LogP contribution in [-0.2, 0) is 6.54 Å². The molecule has 0 unspecified atom stereocenters. The maximum Gasteiger partial charge on any atom is 0.0946 e. The largest absolute Gasteiger partial charge is 0.337 e. The summed E-state index contributed by atoms with van der Waals surface area (Å²) in [6.07, 6.45) is 11.8. The molecule has 1 saturated carbocycles. The van der Waals surface area contributed by atoms with E-state index in [9.17, 15) is 0 Å². The summed E-state index contributed by atoms with van der Waals surface area (Å²) in [4.78, 5) is 4.03. The third-order valence-corrected chi connectivity index (χ3v) is 2.84. The van der Waals surface area contributed by atoms with Gasteiger partial charge in [0.1, 0.15) is 0 Å². The van der Waals surface area contributed by atoms with Crippen LogP contribution in [0.1, 0.15) is 19.3 Å². The fourth-order valence-corrected chi connectivity index (χ4v) is 1.80. The second-order valence-electron chi connectivity index (χ2n) is 3.66. The van der Waals surface area contributed by atoms with Gasteiger partial charge < -0.3 is 4.57 Å². The molecule has 2 nitrogen and oxygen atoms in total. The first-order valence-electron chi connectivity index (χ1n) is 4.44. The molecule has 0 radical (unpaired) electrons. The molecule has 64 valence electrons. The predicted molar refractivity (Wildman–Crippen MR) is 48.7 cm³/mol. The van der Waals surface area contributed by atoms with E-state index in [2.05, 4.69) is 22.2 Å². The molecule has 0 aromatic carbocycles. The Morgan fingerprint density at radius 2 is 2.42 bits per heavy atom. The highest BCUT2D eigenvalue weighted by molar-refractivity contribution is 5.01. The van der Waals surface area contributed by atoms with Crippen LogP contribution in [0.5, 0.6) is 0 Å². The van der Waals surface area contributed by atoms with Crippen molar-refractivity contribution in [2.24, 2.45) is 5.41 Å². The van der Waals surface area contributed by atoms with Gasteiger partial charge in [0.2, 0.25) is 0 Å². The first-order chi connectivity index (χ1) is 5.85. The van der Waals surface area contributed by atoms with Gasteiger partial charge in [0.05, 0.1) is 6.33 Å². The van der Waals surface area contributed by atoms with Crippen molar-refractivity contribution < 1.29 is 0 Å². The van der Waals surface area contributed by atoms with E-state index in [-0.39, 0.29) is 0 Å². The van der Waals surface area contributed by atoms with Gasteiger partial charge in [-0.2, -0.15) is 0 Å². The van der Waals surface area contributed by atoms with Gasteiger partial charge >= 0.3 is 0 Å². The molecule has 0 atom stereocenters. The number of rotatable bonds is 3. The molecule has 0 spiro atoms. The molecule has 1 heterocycles. The fourth-order valence-electron chi connectivity index (χ4n) is 1.80. The summed E-state index contributed by atoms with van der Waals surface area (Å²) < 4.78 is 2.14. The molecule has 2 rings (SSSR count). The highest BCUT2D eigenvalue weighted by Gasteiger charge is 2.33. The van der Waals surface area contributed by atoms with Crippen LogP contribution in [0.2, 0.25) is 0 Å². The van der Waals surface area contributed by atoms with Crippen LogP contribution >= 0.6 is 0 Å². The lowest BCUT2D eigenvalue weighted by Gasteiger charge is -2.39. The number of nitrogens with zero attached hydrogens (tertiary/aromatic N) is 2. The molecule has 12 heavy (non-hydrogen) atoms. The van der Waals surface area contributed by atoms with Crippen molar-refractivity contribution in [3.63, 3.8) is 0 Å². The zero-order valence-electron chi connectivity index (χ0n) is 7.24. The second-order valence-corrected chi connectivity index (χ2v) is 3.66. The average Bonchev–Trinajstić information content (AvgIpc) is 2.49. The molecule has 0 bridgehead atoms. The van der Waals surface area contributed by atoms with Crippen molar-refractivity contribution in [2.45, 2.75) is 25.8 Å². The molecular formula is C10H14N2. The molecule has 2 heteroatoms. The molecule has 1 aliphatic rings. The van der Waals surface area contributed by atoms with Gasteiger partial charge in [0.15, 0.2) is 0 Å². The van der Waals surface area contributed by atoms with E-state index < -0.39 is 0 Å². The summed E-state index contributed by atoms with van der Waals surface area (Å²) in [6, 6.07) is 0. The van der Waals surface area contributed by atoms with Crippen LogP contribution < -0.4 is 0 Å². The smallest absolute Gasteiger partial charge is 0.0946 e. The van der Waals surface area contributed by atoms with Crippen molar-refractivity contribution in [1.82, 2.24) is 9.55 Å². The molecule has 0 aliphatic heterocycles. The number of hydrogen-bond donors (Lipinski definition) is 0. The van der Waals surface area contributed by atoms with Crippen molar-refractivity contribution in [3.8, 4) is 0 Å². The van der Waals surface area contributed by atoms with E-state index in [1.165, 1.54) is 19.3 Å². The molecule has 1 fully saturated rings. The lowest BCUT2D eigenvalue weighted by molar-refractivity contribution is 0.172. The van der Waals surface area contributed by atoms with Crippen LogP contribution in [0.4, 0.5) is 0 Å². The van der Waals surface area contributed by atoms with E-state index in [0.29, 0.717) is 5.41 Å². The zero-order chi connectivity index (χ0) is 8.44. The van der Waals surface area contributed by atoms with Crippen LogP contribution in [0.25, 0.3) is 0 Å². The van der Waals surface area contributed by atoms with Gasteiger partial charge in [-0.3, -0.25) is 0 Å². The molecule has 0 N–H and O–H groups in total. The van der Waals surface area contributed by atoms with Gasteiger partial charge in [-0.05, 0) is 12.8 Å². The quantitative estimate of drug-likeness (QED) is 0.623. The van der Waals surface area contributed by atoms with Crippen molar-refractivity contribution in [3.05, 3.63) is 31.4 Å². The Bertz CT molecular complexity index is 257. The lowest BCUT2D eigenvalue weighted by Crippen LogP contribution is -2.31. The summed E-state index contributed by atoms with van der Waals surface area (Å²) >= 11 is 0. The zero-order valence-corrected chi connectivity index (χ0v) is 7.24. The van der Waals surface area contributed by atoms with E-state index in [4.69, 9.17) is 0 Å². The van der Waals surface area contributed by atoms with Gasteiger partial charge in [0, 0.05) is 24.4 Å². The highest BCUT2D eigenvalue weighted by Crippen LogP contribution is 2.43. The van der Waals surface area contributed by atoms with Crippen LogP contribution in [0, 0.1) is 5.41 Å². The van der Waals surface area contributed by atoms with Crippen LogP contribution in [-0.4, -0.2) is 9.55 Å². The minimum absolute atomic E-state index is 0.376. The Balaban J connectivity index is 2.06. The van der Waals surface area contributed by atoms with E-state index in [0.717, 1.165) is 6.54 Å². The first kappa shape index (κ1) is 7.59. The van der Waals surface area contributed by atoms with E-state index in [1.54, 1.807) is 0 Å². The van der Waals surface area contributed by atoms with Crippen LogP contribution in [0.3, 0.4) is 0 Å². The van der Waals surface area contributed by atoms with Gasteiger partial charge in [0.25, 0.3) is 0 Å². The molecule has 1 aromatic rings. The SMILES string of the molecule is C=CC1(Cn2ccnc2)CCC1. The van der Waals surface area contributed by atoms with Crippen molar-refractivity contribution >= 4 is 0 Å². The predicted octanol–water partition coefficient (Wildman–Crippen LogP) is 2.24. The Labute approximate surface area is 72.9 Å². The molecule has 1 aromatic heterocycles. The minimum atomic E-state index is 0.376. The number of imidazole rings is 1. The Kier molecular flexibility index (Phi) is 1.75. The monoisotopic (exact) mass is 162 g/mol. The number of hydrogen-bond acceptors (Lipinski definition) is 1. The Morgan fingerprint density at radius 3 is 2.83 bits per heavy atom. The minimum Gasteiger partial charge on any atom is -0.337 e. The Morgan fingerprint density at radius 1 is 1.58 bits per heavy atom. The fraction of sp³-hybridized carbons (Fsp3) is 0.500.